The van der Waals surface area contributed by atoms with Gasteiger partial charge in [0.15, 0.2) is 0 Å². The number of aromatic nitrogens is 1. The molecule has 4 heteroatoms. The molecule has 0 aromatic carbocycles. The maximum absolute atomic E-state index is 12.3. The van der Waals surface area contributed by atoms with Gasteiger partial charge in [-0.25, -0.2) is 4.79 Å². The van der Waals surface area contributed by atoms with E-state index in [-0.39, 0.29) is 12.1 Å². The molecule has 19 heavy (non-hydrogen) atoms. The molecule has 1 aliphatic heterocycles. The second kappa shape index (κ2) is 5.19. The maximum Gasteiger partial charge on any atom is 0.318 e. The zero-order chi connectivity index (χ0) is 13.2. The highest BCUT2D eigenvalue weighted by Gasteiger charge is 2.28. The first-order valence-corrected chi connectivity index (χ1v) is 7.26. The predicted molar refractivity (Wildman–Crippen MR) is 73.8 cm³/mol. The summed E-state index contributed by atoms with van der Waals surface area (Å²) in [5.41, 5.74) is 2.35. The van der Waals surface area contributed by atoms with Crippen molar-refractivity contribution in [1.29, 1.82) is 0 Å². The minimum atomic E-state index is 0.0895. The Hall–Kier alpha value is -1.58. The summed E-state index contributed by atoms with van der Waals surface area (Å²) < 4.78 is 0. The number of pyridine rings is 1. The van der Waals surface area contributed by atoms with Gasteiger partial charge in [0.25, 0.3) is 0 Å². The summed E-state index contributed by atoms with van der Waals surface area (Å²) in [5, 5.41) is 3.19. The van der Waals surface area contributed by atoms with Crippen LogP contribution in [0.3, 0.4) is 0 Å². The molecular weight excluding hydrogens is 238 g/mol. The van der Waals surface area contributed by atoms with Gasteiger partial charge < -0.3 is 10.2 Å². The minimum absolute atomic E-state index is 0.0895. The number of carbonyl (C=O) groups is 1. The number of carbonyl (C=O) groups excluding carboxylic acids is 1. The summed E-state index contributed by atoms with van der Waals surface area (Å²) in [4.78, 5) is 18.7. The minimum Gasteiger partial charge on any atom is -0.331 e. The van der Waals surface area contributed by atoms with Crippen LogP contribution in [0.4, 0.5) is 4.79 Å². The largest absolute Gasteiger partial charge is 0.331 e. The average molecular weight is 259 g/mol. The third-order valence-corrected chi connectivity index (χ3v) is 4.32. The van der Waals surface area contributed by atoms with Crippen LogP contribution in [0.15, 0.2) is 18.3 Å². The van der Waals surface area contributed by atoms with Crippen LogP contribution in [0.25, 0.3) is 0 Å². The molecule has 1 saturated heterocycles. The Morgan fingerprint density at radius 1 is 1.42 bits per heavy atom. The Kier molecular flexibility index (Phi) is 3.40. The van der Waals surface area contributed by atoms with E-state index in [4.69, 9.17) is 0 Å². The molecule has 2 amide bonds. The molecule has 0 unspecified atom stereocenters. The second-order valence-electron chi connectivity index (χ2n) is 5.62. The van der Waals surface area contributed by atoms with E-state index in [0.29, 0.717) is 6.04 Å². The van der Waals surface area contributed by atoms with E-state index < -0.39 is 0 Å². The molecule has 4 nitrogen and oxygen atoms in total. The molecule has 2 atom stereocenters. The van der Waals surface area contributed by atoms with Crippen LogP contribution in [-0.2, 0) is 6.42 Å². The zero-order valence-electron chi connectivity index (χ0n) is 11.4. The highest BCUT2D eigenvalue weighted by molar-refractivity contribution is 5.75. The van der Waals surface area contributed by atoms with E-state index in [1.165, 1.54) is 5.56 Å². The van der Waals surface area contributed by atoms with Gasteiger partial charge in [-0.3, -0.25) is 4.98 Å². The van der Waals surface area contributed by atoms with Gasteiger partial charge in [-0.05, 0) is 50.7 Å². The lowest BCUT2D eigenvalue weighted by atomic mass is 9.91. The molecule has 1 aliphatic carbocycles. The van der Waals surface area contributed by atoms with Crippen molar-refractivity contribution < 1.29 is 4.79 Å². The van der Waals surface area contributed by atoms with Crippen molar-refractivity contribution in [3.05, 3.63) is 29.6 Å². The summed E-state index contributed by atoms with van der Waals surface area (Å²) in [6, 6.07) is 4.66. The molecule has 0 spiro atoms. The van der Waals surface area contributed by atoms with E-state index in [1.54, 1.807) is 0 Å². The van der Waals surface area contributed by atoms with Crippen LogP contribution in [0.2, 0.25) is 0 Å². The fourth-order valence-electron chi connectivity index (χ4n) is 3.22. The fraction of sp³-hybridized carbons (Fsp3) is 0.600. The smallest absolute Gasteiger partial charge is 0.318 e. The van der Waals surface area contributed by atoms with Gasteiger partial charge in [0.2, 0.25) is 0 Å². The highest BCUT2D eigenvalue weighted by atomic mass is 16.2. The number of nitrogens with one attached hydrogen (secondary N) is 1. The van der Waals surface area contributed by atoms with E-state index in [0.717, 1.165) is 44.3 Å². The first-order valence-electron chi connectivity index (χ1n) is 7.26. The van der Waals surface area contributed by atoms with E-state index in [1.807, 2.05) is 17.2 Å². The van der Waals surface area contributed by atoms with Crippen LogP contribution in [0.1, 0.15) is 49.9 Å². The van der Waals surface area contributed by atoms with Gasteiger partial charge in [0.1, 0.15) is 0 Å². The Labute approximate surface area is 114 Å². The topological polar surface area (TPSA) is 45.2 Å². The highest BCUT2D eigenvalue weighted by Crippen LogP contribution is 2.28. The molecule has 1 N–H and O–H groups in total. The molecule has 1 aromatic heterocycles. The van der Waals surface area contributed by atoms with Gasteiger partial charge in [0, 0.05) is 24.5 Å². The first kappa shape index (κ1) is 12.5. The summed E-state index contributed by atoms with van der Waals surface area (Å²) >= 11 is 0. The molecule has 0 bridgehead atoms. The summed E-state index contributed by atoms with van der Waals surface area (Å²) in [6.45, 7) is 3.02. The zero-order valence-corrected chi connectivity index (χ0v) is 11.4. The standard InChI is InChI=1S/C15H21N3O/c1-11-5-4-10-18(11)15(19)17-14-8-2-7-13-12(14)6-3-9-16-13/h3,6,9,11,14H,2,4-5,7-8,10H2,1H3,(H,17,19)/t11-,14-/m0/s1. The number of nitrogens with zero attached hydrogens (tertiary/aromatic N) is 2. The monoisotopic (exact) mass is 259 g/mol. The summed E-state index contributed by atoms with van der Waals surface area (Å²) in [6.07, 6.45) is 7.24. The molecule has 1 aromatic rings. The van der Waals surface area contributed by atoms with Gasteiger partial charge in [-0.15, -0.1) is 0 Å². The third-order valence-electron chi connectivity index (χ3n) is 4.32. The number of amides is 2. The van der Waals surface area contributed by atoms with Crippen LogP contribution >= 0.6 is 0 Å². The second-order valence-corrected chi connectivity index (χ2v) is 5.62. The number of likely N-dealkylation sites (tertiary alicyclic amines) is 1. The molecule has 2 aliphatic rings. The molecule has 0 saturated carbocycles. The number of hydrogen-bond acceptors (Lipinski definition) is 2. The van der Waals surface area contributed by atoms with Crippen LogP contribution in [0.5, 0.6) is 0 Å². The molecule has 2 heterocycles. The van der Waals surface area contributed by atoms with E-state index >= 15 is 0 Å². The summed E-state index contributed by atoms with van der Waals surface area (Å²) in [5.74, 6) is 0. The van der Waals surface area contributed by atoms with Crippen molar-refractivity contribution in [3.63, 3.8) is 0 Å². The van der Waals surface area contributed by atoms with E-state index in [9.17, 15) is 4.79 Å². The quantitative estimate of drug-likeness (QED) is 0.842. The summed E-state index contributed by atoms with van der Waals surface area (Å²) in [7, 11) is 0. The van der Waals surface area contributed by atoms with Crippen molar-refractivity contribution in [2.75, 3.05) is 6.54 Å². The lowest BCUT2D eigenvalue weighted by molar-refractivity contribution is 0.190. The lowest BCUT2D eigenvalue weighted by Crippen LogP contribution is -2.43. The number of aryl methyl sites for hydroxylation is 1. The molecule has 102 valence electrons. The molecule has 1 fully saturated rings. The van der Waals surface area contributed by atoms with Crippen LogP contribution in [-0.4, -0.2) is 28.5 Å². The Morgan fingerprint density at radius 3 is 3.11 bits per heavy atom. The Morgan fingerprint density at radius 2 is 2.32 bits per heavy atom. The Bertz CT molecular complexity index is 474. The molecular formula is C15H21N3O. The number of urea groups is 1. The van der Waals surface area contributed by atoms with Crippen molar-refractivity contribution in [3.8, 4) is 0 Å². The number of fused-ring (bicyclic) bond motifs is 1. The van der Waals surface area contributed by atoms with Crippen molar-refractivity contribution >= 4 is 6.03 Å². The normalized spacial score (nSPS) is 26.1. The fourth-order valence-corrected chi connectivity index (χ4v) is 3.22. The first-order chi connectivity index (χ1) is 9.25. The van der Waals surface area contributed by atoms with Crippen molar-refractivity contribution in [1.82, 2.24) is 15.2 Å². The SMILES string of the molecule is C[C@H]1CCCN1C(=O)N[C@H]1CCCc2ncccc21. The van der Waals surface area contributed by atoms with Gasteiger partial charge in [0.05, 0.1) is 6.04 Å². The number of rotatable bonds is 1. The van der Waals surface area contributed by atoms with Crippen LogP contribution < -0.4 is 5.32 Å². The van der Waals surface area contributed by atoms with Crippen molar-refractivity contribution in [2.45, 2.75) is 51.1 Å². The maximum atomic E-state index is 12.3. The van der Waals surface area contributed by atoms with Gasteiger partial charge in [-0.2, -0.15) is 0 Å². The van der Waals surface area contributed by atoms with Crippen molar-refractivity contribution in [2.24, 2.45) is 0 Å². The molecule has 3 rings (SSSR count). The predicted octanol–water partition coefficient (Wildman–Crippen LogP) is 2.65. The Balaban J connectivity index is 1.72. The van der Waals surface area contributed by atoms with E-state index in [2.05, 4.69) is 23.3 Å². The lowest BCUT2D eigenvalue weighted by Gasteiger charge is -2.29. The van der Waals surface area contributed by atoms with Gasteiger partial charge >= 0.3 is 6.03 Å². The average Bonchev–Trinajstić information content (AvgIpc) is 2.85. The van der Waals surface area contributed by atoms with Gasteiger partial charge in [-0.1, -0.05) is 6.07 Å². The number of hydrogen-bond donors (Lipinski definition) is 1. The third kappa shape index (κ3) is 2.44. The van der Waals surface area contributed by atoms with Crippen LogP contribution in [0, 0.1) is 0 Å². The molecule has 0 radical (unpaired) electrons.